The molecule has 1 rings (SSSR count). The molecule has 78 valence electrons. The standard InChI is InChI=1S/C6H12N6O2/c7-2-1-3-9-6-4(12(13)14)5(8)10-11-6/h1-3,7H2,(H4,8,9,10,11)/p+1. The van der Waals surface area contributed by atoms with Crippen LogP contribution < -0.4 is 16.8 Å². The summed E-state index contributed by atoms with van der Waals surface area (Å²) in [4.78, 5) is 9.99. The second kappa shape index (κ2) is 4.42. The monoisotopic (exact) mass is 201 g/mol. The lowest BCUT2D eigenvalue weighted by molar-refractivity contribution is -0.383. The van der Waals surface area contributed by atoms with E-state index in [2.05, 4.69) is 21.2 Å². The number of quaternary nitrogens is 1. The van der Waals surface area contributed by atoms with E-state index in [0.717, 1.165) is 13.0 Å². The zero-order valence-corrected chi connectivity index (χ0v) is 7.62. The molecule has 0 unspecified atom stereocenters. The maximum atomic E-state index is 10.5. The lowest BCUT2D eigenvalue weighted by atomic mass is 10.4. The van der Waals surface area contributed by atoms with E-state index in [1.807, 2.05) is 0 Å². The van der Waals surface area contributed by atoms with Crippen molar-refractivity contribution in [3.05, 3.63) is 10.1 Å². The molecule has 8 nitrogen and oxygen atoms in total. The van der Waals surface area contributed by atoms with Crippen molar-refractivity contribution < 1.29 is 10.7 Å². The zero-order chi connectivity index (χ0) is 10.6. The van der Waals surface area contributed by atoms with Crippen LogP contribution in [-0.2, 0) is 0 Å². The molecule has 14 heavy (non-hydrogen) atoms. The average molecular weight is 201 g/mol. The number of hydrogen-bond acceptors (Lipinski definition) is 5. The average Bonchev–Trinajstić information content (AvgIpc) is 2.47. The predicted molar refractivity (Wildman–Crippen MR) is 50.5 cm³/mol. The fraction of sp³-hybridized carbons (Fsp3) is 0.500. The van der Waals surface area contributed by atoms with E-state index in [-0.39, 0.29) is 17.3 Å². The van der Waals surface area contributed by atoms with Crippen LogP contribution in [0.1, 0.15) is 6.42 Å². The largest absolute Gasteiger partial charge is 0.378 e. The van der Waals surface area contributed by atoms with Gasteiger partial charge < -0.3 is 16.8 Å². The normalized spacial score (nSPS) is 10.1. The van der Waals surface area contributed by atoms with Crippen molar-refractivity contribution in [2.45, 2.75) is 6.42 Å². The number of aromatic amines is 1. The van der Waals surface area contributed by atoms with Crippen LogP contribution in [0.2, 0.25) is 0 Å². The Balaban J connectivity index is 2.71. The maximum Gasteiger partial charge on any atom is 0.354 e. The lowest BCUT2D eigenvalue weighted by Crippen LogP contribution is -2.50. The number of nitrogens with two attached hydrogens (primary N) is 1. The molecule has 1 heterocycles. The van der Waals surface area contributed by atoms with Gasteiger partial charge in [-0.1, -0.05) is 0 Å². The Hall–Kier alpha value is -1.83. The van der Waals surface area contributed by atoms with Gasteiger partial charge in [0.15, 0.2) is 0 Å². The minimum Gasteiger partial charge on any atom is -0.378 e. The van der Waals surface area contributed by atoms with Gasteiger partial charge in [0.25, 0.3) is 0 Å². The summed E-state index contributed by atoms with van der Waals surface area (Å²) in [6.45, 7) is 1.36. The number of anilines is 2. The molecule has 0 bridgehead atoms. The lowest BCUT2D eigenvalue weighted by Gasteiger charge is -1.98. The van der Waals surface area contributed by atoms with Crippen LogP contribution in [-0.4, -0.2) is 28.2 Å². The van der Waals surface area contributed by atoms with Gasteiger partial charge in [-0.25, -0.2) is 0 Å². The number of rotatable bonds is 5. The van der Waals surface area contributed by atoms with Crippen LogP contribution in [0, 0.1) is 10.1 Å². The minimum atomic E-state index is -0.564. The van der Waals surface area contributed by atoms with Crippen LogP contribution in [0.3, 0.4) is 0 Å². The van der Waals surface area contributed by atoms with Gasteiger partial charge in [-0.05, 0) is 0 Å². The molecule has 1 aromatic heterocycles. The van der Waals surface area contributed by atoms with E-state index in [1.54, 1.807) is 0 Å². The highest BCUT2D eigenvalue weighted by atomic mass is 16.6. The van der Waals surface area contributed by atoms with E-state index in [0.29, 0.717) is 6.54 Å². The third kappa shape index (κ3) is 2.10. The Morgan fingerprint density at radius 3 is 3.00 bits per heavy atom. The maximum absolute atomic E-state index is 10.5. The molecule has 0 radical (unpaired) electrons. The summed E-state index contributed by atoms with van der Waals surface area (Å²) >= 11 is 0. The second-order valence-corrected chi connectivity index (χ2v) is 2.73. The summed E-state index contributed by atoms with van der Waals surface area (Å²) < 4.78 is 0. The number of aromatic nitrogens is 2. The number of nitro groups is 1. The number of H-pyrrole nitrogens is 1. The van der Waals surface area contributed by atoms with Gasteiger partial charge in [-0.3, -0.25) is 15.2 Å². The molecular formula is C6H13N6O2+. The molecule has 0 fully saturated rings. The molecular weight excluding hydrogens is 188 g/mol. The highest BCUT2D eigenvalue weighted by Gasteiger charge is 2.21. The Morgan fingerprint density at radius 1 is 1.71 bits per heavy atom. The first kappa shape index (κ1) is 10.3. The smallest absolute Gasteiger partial charge is 0.354 e. The number of nitrogens with zero attached hydrogens (tertiary/aromatic N) is 2. The molecule has 0 saturated carbocycles. The third-order valence-corrected chi connectivity index (χ3v) is 1.67. The second-order valence-electron chi connectivity index (χ2n) is 2.73. The molecule has 1 aromatic rings. The quantitative estimate of drug-likeness (QED) is 0.273. The van der Waals surface area contributed by atoms with Gasteiger partial charge in [-0.15, -0.1) is 5.10 Å². The summed E-state index contributed by atoms with van der Waals surface area (Å²) in [5.74, 6) is 0.146. The molecule has 0 aliphatic carbocycles. The Kier molecular flexibility index (Phi) is 3.24. The molecule has 0 amide bonds. The van der Waals surface area contributed by atoms with Crippen LogP contribution in [0.5, 0.6) is 0 Å². The summed E-state index contributed by atoms with van der Waals surface area (Å²) in [5.41, 5.74) is 8.79. The highest BCUT2D eigenvalue weighted by Crippen LogP contribution is 2.27. The molecule has 0 aliphatic rings. The molecule has 0 aromatic carbocycles. The molecule has 0 atom stereocenters. The molecule has 8 heteroatoms. The summed E-state index contributed by atoms with van der Waals surface area (Å²) in [7, 11) is 0. The van der Waals surface area contributed by atoms with Gasteiger partial charge in [0.2, 0.25) is 11.6 Å². The van der Waals surface area contributed by atoms with Crippen LogP contribution in [0.15, 0.2) is 0 Å². The minimum absolute atomic E-state index is 0.0351. The van der Waals surface area contributed by atoms with Crippen LogP contribution in [0.4, 0.5) is 17.3 Å². The van der Waals surface area contributed by atoms with Gasteiger partial charge >= 0.3 is 5.69 Å². The van der Waals surface area contributed by atoms with Crippen LogP contribution in [0.25, 0.3) is 0 Å². The third-order valence-electron chi connectivity index (χ3n) is 1.67. The first-order chi connectivity index (χ1) is 6.66. The van der Waals surface area contributed by atoms with Crippen molar-refractivity contribution in [2.75, 3.05) is 24.1 Å². The van der Waals surface area contributed by atoms with Crippen molar-refractivity contribution in [2.24, 2.45) is 0 Å². The van der Waals surface area contributed by atoms with E-state index in [4.69, 9.17) is 5.73 Å². The number of nitrogen functional groups attached to an aromatic ring is 1. The van der Waals surface area contributed by atoms with E-state index in [1.165, 1.54) is 0 Å². The SMILES string of the molecule is Nc1[nH]nc(NCCC[NH3+])c1[N+](=O)[O-]. The molecule has 0 aliphatic heterocycles. The van der Waals surface area contributed by atoms with E-state index in [9.17, 15) is 10.1 Å². The highest BCUT2D eigenvalue weighted by molar-refractivity contribution is 5.68. The van der Waals surface area contributed by atoms with Crippen molar-refractivity contribution in [3.8, 4) is 0 Å². The zero-order valence-electron chi connectivity index (χ0n) is 7.62. The molecule has 0 saturated heterocycles. The number of nitrogens with one attached hydrogen (secondary N) is 2. The fourth-order valence-corrected chi connectivity index (χ4v) is 0.989. The molecule has 0 spiro atoms. The van der Waals surface area contributed by atoms with Gasteiger partial charge in [-0.2, -0.15) is 0 Å². The first-order valence-electron chi connectivity index (χ1n) is 4.18. The van der Waals surface area contributed by atoms with E-state index < -0.39 is 4.92 Å². The van der Waals surface area contributed by atoms with Gasteiger partial charge in [0.1, 0.15) is 0 Å². The van der Waals surface area contributed by atoms with Gasteiger partial charge in [0, 0.05) is 13.0 Å². The first-order valence-corrected chi connectivity index (χ1v) is 4.18. The fourth-order valence-electron chi connectivity index (χ4n) is 0.989. The Morgan fingerprint density at radius 2 is 2.43 bits per heavy atom. The van der Waals surface area contributed by atoms with Crippen molar-refractivity contribution in [3.63, 3.8) is 0 Å². The van der Waals surface area contributed by atoms with Gasteiger partial charge in [0.05, 0.1) is 11.5 Å². The van der Waals surface area contributed by atoms with E-state index >= 15 is 0 Å². The summed E-state index contributed by atoms with van der Waals surface area (Å²) in [6, 6.07) is 0. The summed E-state index contributed by atoms with van der Waals surface area (Å²) in [6.07, 6.45) is 0.823. The summed E-state index contributed by atoms with van der Waals surface area (Å²) in [5, 5.41) is 19.4. The molecule has 7 N–H and O–H groups in total. The topological polar surface area (TPSA) is 138 Å². The number of hydrogen-bond donors (Lipinski definition) is 4. The predicted octanol–water partition coefficient (Wildman–Crippen LogP) is -1.06. The van der Waals surface area contributed by atoms with Crippen molar-refractivity contribution >= 4 is 17.3 Å². The van der Waals surface area contributed by atoms with Crippen molar-refractivity contribution in [1.82, 2.24) is 10.2 Å². The Bertz CT molecular complexity index is 322. The van der Waals surface area contributed by atoms with Crippen LogP contribution >= 0.6 is 0 Å². The Labute approximate surface area is 79.8 Å². The van der Waals surface area contributed by atoms with Crippen molar-refractivity contribution in [1.29, 1.82) is 0 Å².